The first kappa shape index (κ1) is 21.3. The number of hydrogen-bond acceptors (Lipinski definition) is 7. The molecule has 1 heterocycles. The molecule has 0 fully saturated rings. The van der Waals surface area contributed by atoms with E-state index in [1.165, 1.54) is 11.8 Å². The van der Waals surface area contributed by atoms with Crippen LogP contribution in [0, 0.1) is 11.3 Å². The van der Waals surface area contributed by atoms with E-state index in [9.17, 15) is 10.1 Å². The van der Waals surface area contributed by atoms with Gasteiger partial charge in [0.05, 0.1) is 19.4 Å². The fraction of sp³-hybridized carbons (Fsp3) is 0.227. The van der Waals surface area contributed by atoms with Crippen LogP contribution in [0.25, 0.3) is 11.3 Å². The lowest BCUT2D eigenvalue weighted by atomic mass is 10.1. The Morgan fingerprint density at radius 3 is 2.70 bits per heavy atom. The minimum absolute atomic E-state index is 0.0414. The van der Waals surface area contributed by atoms with Crippen LogP contribution >= 0.6 is 11.8 Å². The number of thioether (sulfide) groups is 1. The molecule has 0 saturated carbocycles. The highest BCUT2D eigenvalue weighted by atomic mass is 32.2. The molecule has 0 radical (unpaired) electrons. The average Bonchev–Trinajstić information content (AvgIpc) is 2.78. The van der Waals surface area contributed by atoms with Crippen LogP contribution in [-0.4, -0.2) is 29.9 Å². The second-order valence-corrected chi connectivity index (χ2v) is 6.94. The molecule has 30 heavy (non-hydrogen) atoms. The topological polar surface area (TPSA) is 97.2 Å². The largest absolute Gasteiger partial charge is 0.497 e. The zero-order valence-electron chi connectivity index (χ0n) is 16.9. The molecule has 0 unspecified atom stereocenters. The molecule has 0 amide bonds. The molecule has 3 aromatic rings. The van der Waals surface area contributed by atoms with Gasteiger partial charge in [0, 0.05) is 5.56 Å². The quantitative estimate of drug-likeness (QED) is 0.432. The molecule has 7 nitrogen and oxygen atoms in total. The number of nitriles is 1. The zero-order valence-corrected chi connectivity index (χ0v) is 17.7. The first-order valence-electron chi connectivity index (χ1n) is 9.21. The summed E-state index contributed by atoms with van der Waals surface area (Å²) in [7, 11) is 1.62. The Hall–Kier alpha value is -3.44. The lowest BCUT2D eigenvalue weighted by Gasteiger charge is -2.14. The summed E-state index contributed by atoms with van der Waals surface area (Å²) in [5.41, 5.74) is 1.35. The molecule has 1 N–H and O–H groups in total. The lowest BCUT2D eigenvalue weighted by Crippen LogP contribution is -2.14. The number of H-pyrrole nitrogens is 1. The van der Waals surface area contributed by atoms with Crippen LogP contribution in [-0.2, 0) is 6.61 Å². The number of benzene rings is 2. The number of ether oxygens (including phenoxy) is 3. The van der Waals surface area contributed by atoms with Gasteiger partial charge in [-0.1, -0.05) is 23.9 Å². The summed E-state index contributed by atoms with van der Waals surface area (Å²) in [6, 6.07) is 14.8. The number of rotatable bonds is 8. The standard InChI is InChI=1S/C22H21N3O4S/c1-4-28-19-11-15(20-17(12-23)21(26)25-22(24-20)30-3)8-9-18(19)29-13-14-6-5-7-16(10-14)27-2/h5-11H,4,13H2,1-3H3,(H,24,25,26). The summed E-state index contributed by atoms with van der Waals surface area (Å²) in [6.45, 7) is 2.64. The Labute approximate surface area is 178 Å². The van der Waals surface area contributed by atoms with E-state index in [1.54, 1.807) is 31.6 Å². The van der Waals surface area contributed by atoms with E-state index >= 15 is 0 Å². The van der Waals surface area contributed by atoms with E-state index in [0.29, 0.717) is 41.1 Å². The van der Waals surface area contributed by atoms with E-state index in [0.717, 1.165) is 11.3 Å². The third-order valence-corrected chi connectivity index (χ3v) is 4.83. The Morgan fingerprint density at radius 1 is 1.17 bits per heavy atom. The van der Waals surface area contributed by atoms with E-state index < -0.39 is 5.56 Å². The monoisotopic (exact) mass is 423 g/mol. The van der Waals surface area contributed by atoms with E-state index in [1.807, 2.05) is 37.3 Å². The number of nitrogens with zero attached hydrogens (tertiary/aromatic N) is 2. The maximum absolute atomic E-state index is 12.2. The number of methoxy groups -OCH3 is 1. The molecular weight excluding hydrogens is 402 g/mol. The van der Waals surface area contributed by atoms with Crippen LogP contribution in [0.15, 0.2) is 52.4 Å². The normalized spacial score (nSPS) is 10.3. The SMILES string of the molecule is CCOc1cc(-c2nc(SC)[nH]c(=O)c2C#N)ccc1OCc1cccc(OC)c1. The molecule has 0 aliphatic rings. The minimum atomic E-state index is -0.469. The van der Waals surface area contributed by atoms with Crippen molar-refractivity contribution in [1.82, 2.24) is 9.97 Å². The smallest absolute Gasteiger partial charge is 0.270 e. The van der Waals surface area contributed by atoms with Crippen LogP contribution in [0.5, 0.6) is 17.2 Å². The minimum Gasteiger partial charge on any atom is -0.497 e. The van der Waals surface area contributed by atoms with Gasteiger partial charge in [0.25, 0.3) is 5.56 Å². The van der Waals surface area contributed by atoms with Crippen molar-refractivity contribution in [2.24, 2.45) is 0 Å². The molecule has 154 valence electrons. The van der Waals surface area contributed by atoms with Crippen molar-refractivity contribution >= 4 is 11.8 Å². The van der Waals surface area contributed by atoms with Crippen LogP contribution in [0.1, 0.15) is 18.1 Å². The fourth-order valence-corrected chi connectivity index (χ4v) is 3.21. The van der Waals surface area contributed by atoms with E-state index in [4.69, 9.17) is 14.2 Å². The first-order valence-corrected chi connectivity index (χ1v) is 10.4. The third kappa shape index (κ3) is 4.75. The number of aromatic nitrogens is 2. The van der Waals surface area contributed by atoms with Crippen LogP contribution in [0.2, 0.25) is 0 Å². The second-order valence-electron chi connectivity index (χ2n) is 6.15. The predicted molar refractivity (Wildman–Crippen MR) is 115 cm³/mol. The fourth-order valence-electron chi connectivity index (χ4n) is 2.83. The number of hydrogen-bond donors (Lipinski definition) is 1. The van der Waals surface area contributed by atoms with Gasteiger partial charge in [0.1, 0.15) is 24.0 Å². The maximum atomic E-state index is 12.2. The van der Waals surface area contributed by atoms with Gasteiger partial charge < -0.3 is 19.2 Å². The highest BCUT2D eigenvalue weighted by Gasteiger charge is 2.16. The van der Waals surface area contributed by atoms with Gasteiger partial charge in [-0.25, -0.2) is 4.98 Å². The first-order chi connectivity index (χ1) is 14.6. The summed E-state index contributed by atoms with van der Waals surface area (Å²) in [6.07, 6.45) is 1.80. The molecule has 0 bridgehead atoms. The van der Waals surface area contributed by atoms with Crippen molar-refractivity contribution < 1.29 is 14.2 Å². The summed E-state index contributed by atoms with van der Waals surface area (Å²) < 4.78 is 16.9. The molecule has 0 aliphatic heterocycles. The second kappa shape index (κ2) is 9.85. The van der Waals surface area contributed by atoms with Crippen molar-refractivity contribution in [3.8, 4) is 34.6 Å². The zero-order chi connectivity index (χ0) is 21.5. The highest BCUT2D eigenvalue weighted by molar-refractivity contribution is 7.98. The van der Waals surface area contributed by atoms with E-state index in [2.05, 4.69) is 9.97 Å². The van der Waals surface area contributed by atoms with Gasteiger partial charge in [0.15, 0.2) is 16.7 Å². The average molecular weight is 423 g/mol. The van der Waals surface area contributed by atoms with Crippen LogP contribution in [0.3, 0.4) is 0 Å². The van der Waals surface area contributed by atoms with E-state index in [-0.39, 0.29) is 5.56 Å². The summed E-state index contributed by atoms with van der Waals surface area (Å²) >= 11 is 1.30. The van der Waals surface area contributed by atoms with Crippen molar-refractivity contribution in [2.45, 2.75) is 18.7 Å². The van der Waals surface area contributed by atoms with Crippen molar-refractivity contribution in [3.05, 3.63) is 63.9 Å². The van der Waals surface area contributed by atoms with Gasteiger partial charge in [-0.2, -0.15) is 5.26 Å². The Balaban J connectivity index is 1.95. The van der Waals surface area contributed by atoms with Gasteiger partial charge >= 0.3 is 0 Å². The molecule has 8 heteroatoms. The van der Waals surface area contributed by atoms with Gasteiger partial charge in [-0.05, 0) is 49.1 Å². The summed E-state index contributed by atoms with van der Waals surface area (Å²) in [4.78, 5) is 19.2. The molecule has 3 rings (SSSR count). The van der Waals surface area contributed by atoms with Crippen LogP contribution in [0.4, 0.5) is 0 Å². The number of aromatic amines is 1. The van der Waals surface area contributed by atoms with Crippen molar-refractivity contribution in [3.63, 3.8) is 0 Å². The van der Waals surface area contributed by atoms with Gasteiger partial charge in [0.2, 0.25) is 0 Å². The van der Waals surface area contributed by atoms with Crippen molar-refractivity contribution in [2.75, 3.05) is 20.0 Å². The predicted octanol–water partition coefficient (Wildman–Crippen LogP) is 4.02. The molecule has 1 aromatic heterocycles. The Morgan fingerprint density at radius 2 is 2.00 bits per heavy atom. The molecule has 0 aliphatic carbocycles. The molecule has 0 spiro atoms. The molecule has 2 aromatic carbocycles. The summed E-state index contributed by atoms with van der Waals surface area (Å²) in [5, 5.41) is 9.86. The third-order valence-electron chi connectivity index (χ3n) is 4.25. The Bertz CT molecular complexity index is 1140. The molecule has 0 saturated heterocycles. The molecule has 0 atom stereocenters. The molecular formula is C22H21N3O4S. The van der Waals surface area contributed by atoms with Gasteiger partial charge in [-0.15, -0.1) is 0 Å². The van der Waals surface area contributed by atoms with Crippen LogP contribution < -0.4 is 19.8 Å². The lowest BCUT2D eigenvalue weighted by molar-refractivity contribution is 0.269. The van der Waals surface area contributed by atoms with Crippen molar-refractivity contribution in [1.29, 1.82) is 5.26 Å². The number of nitrogens with one attached hydrogen (secondary N) is 1. The maximum Gasteiger partial charge on any atom is 0.270 e. The summed E-state index contributed by atoms with van der Waals surface area (Å²) in [5.74, 6) is 1.82. The highest BCUT2D eigenvalue weighted by Crippen LogP contribution is 2.34. The Kier molecular flexibility index (Phi) is 6.99. The van der Waals surface area contributed by atoms with Gasteiger partial charge in [-0.3, -0.25) is 4.79 Å².